The zero-order chi connectivity index (χ0) is 18.9. The number of carbonyl (C=O) groups excluding carboxylic acids is 1. The van der Waals surface area contributed by atoms with Crippen LogP contribution in [0.25, 0.3) is 5.65 Å². The van der Waals surface area contributed by atoms with Gasteiger partial charge in [-0.3, -0.25) is 4.79 Å². The number of nitrogens with zero attached hydrogens (tertiary/aromatic N) is 6. The topological polar surface area (TPSA) is 100 Å². The first-order valence-electron chi connectivity index (χ1n) is 8.97. The Morgan fingerprint density at radius 3 is 2.63 bits per heavy atom. The molecule has 0 spiro atoms. The molecule has 0 radical (unpaired) electrons. The molecule has 0 saturated carbocycles. The molecule has 2 aromatic heterocycles. The van der Waals surface area contributed by atoms with Crippen molar-refractivity contribution in [2.45, 2.75) is 6.42 Å². The maximum atomic E-state index is 12.8. The molecule has 11 heteroatoms. The highest BCUT2D eigenvalue weighted by molar-refractivity contribution is 7.86. The second-order valence-electron chi connectivity index (χ2n) is 6.54. The van der Waals surface area contributed by atoms with Gasteiger partial charge < -0.3 is 9.64 Å². The highest BCUT2D eigenvalue weighted by Gasteiger charge is 2.33. The van der Waals surface area contributed by atoms with Crippen LogP contribution >= 0.6 is 0 Å². The Morgan fingerprint density at radius 2 is 1.81 bits per heavy atom. The monoisotopic (exact) mass is 394 g/mol. The highest BCUT2D eigenvalue weighted by atomic mass is 32.2. The molecule has 10 nitrogen and oxygen atoms in total. The summed E-state index contributed by atoms with van der Waals surface area (Å²) < 4.78 is 35.4. The van der Waals surface area contributed by atoms with Crippen molar-refractivity contribution < 1.29 is 17.9 Å². The molecule has 2 fully saturated rings. The van der Waals surface area contributed by atoms with Crippen molar-refractivity contribution in [2.75, 3.05) is 52.5 Å². The summed E-state index contributed by atoms with van der Waals surface area (Å²) in [4.78, 5) is 18.7. The first kappa shape index (κ1) is 18.3. The number of ether oxygens (including phenoxy) is 1. The van der Waals surface area contributed by atoms with Crippen molar-refractivity contribution in [2.24, 2.45) is 0 Å². The van der Waals surface area contributed by atoms with Crippen LogP contribution in [0.4, 0.5) is 0 Å². The molecule has 0 bridgehead atoms. The molecule has 0 aliphatic carbocycles. The molecule has 146 valence electrons. The Labute approximate surface area is 157 Å². The van der Waals surface area contributed by atoms with Crippen LogP contribution in [0.2, 0.25) is 0 Å². The van der Waals surface area contributed by atoms with Crippen molar-refractivity contribution in [1.82, 2.24) is 28.1 Å². The summed E-state index contributed by atoms with van der Waals surface area (Å²) >= 11 is 0. The predicted molar refractivity (Wildman–Crippen MR) is 96.4 cm³/mol. The maximum Gasteiger partial charge on any atom is 0.282 e. The van der Waals surface area contributed by atoms with Gasteiger partial charge in [0.15, 0.2) is 5.65 Å². The summed E-state index contributed by atoms with van der Waals surface area (Å²) in [6.45, 7) is 3.17. The van der Waals surface area contributed by atoms with Crippen LogP contribution in [-0.2, 0) is 14.9 Å². The van der Waals surface area contributed by atoms with E-state index in [1.807, 2.05) is 0 Å². The van der Waals surface area contributed by atoms with Gasteiger partial charge in [0.25, 0.3) is 16.1 Å². The third kappa shape index (κ3) is 3.68. The predicted octanol–water partition coefficient (Wildman–Crippen LogP) is -0.546. The maximum absolute atomic E-state index is 12.8. The molecule has 2 aromatic rings. The number of hydrogen-bond donors (Lipinski definition) is 0. The third-order valence-corrected chi connectivity index (χ3v) is 6.93. The van der Waals surface area contributed by atoms with Crippen LogP contribution in [-0.4, -0.2) is 94.9 Å². The van der Waals surface area contributed by atoms with E-state index in [4.69, 9.17) is 4.74 Å². The summed E-state index contributed by atoms with van der Waals surface area (Å²) in [6, 6.07) is 3.40. The number of carbonyl (C=O) groups is 1. The second-order valence-corrected chi connectivity index (χ2v) is 8.47. The molecular weight excluding hydrogens is 372 g/mol. The quantitative estimate of drug-likeness (QED) is 0.693. The lowest BCUT2D eigenvalue weighted by atomic mass is 10.2. The van der Waals surface area contributed by atoms with Crippen molar-refractivity contribution >= 4 is 21.8 Å². The molecule has 2 saturated heterocycles. The normalized spacial score (nSPS) is 20.7. The molecule has 4 heterocycles. The molecule has 0 atom stereocenters. The Kier molecular flexibility index (Phi) is 5.08. The zero-order valence-corrected chi connectivity index (χ0v) is 15.7. The minimum Gasteiger partial charge on any atom is -0.379 e. The average molecular weight is 394 g/mol. The Morgan fingerprint density at radius 1 is 1.04 bits per heavy atom. The number of amides is 1. The van der Waals surface area contributed by atoms with Gasteiger partial charge in [0.05, 0.1) is 13.2 Å². The second kappa shape index (κ2) is 7.50. The summed E-state index contributed by atoms with van der Waals surface area (Å²) in [5.41, 5.74) is 1.13. The number of pyridine rings is 1. The summed E-state index contributed by atoms with van der Waals surface area (Å²) in [7, 11) is -3.52. The van der Waals surface area contributed by atoms with Crippen LogP contribution in [0.5, 0.6) is 0 Å². The van der Waals surface area contributed by atoms with Gasteiger partial charge in [0, 0.05) is 51.0 Å². The van der Waals surface area contributed by atoms with Crippen LogP contribution < -0.4 is 0 Å². The van der Waals surface area contributed by atoms with E-state index >= 15 is 0 Å². The fourth-order valence-corrected chi connectivity index (χ4v) is 5.01. The van der Waals surface area contributed by atoms with E-state index < -0.39 is 10.2 Å². The Balaban J connectivity index is 1.45. The van der Waals surface area contributed by atoms with E-state index in [9.17, 15) is 13.2 Å². The fourth-order valence-electron chi connectivity index (χ4n) is 3.40. The standard InChI is InChI=1S/C16H22N6O4S/c23-16(14-2-5-22-15(12-14)17-13-18-22)19-3-1-4-20(7-6-19)27(24,25)21-8-10-26-11-9-21/h2,5,12-13H,1,3-4,6-11H2. The lowest BCUT2D eigenvalue weighted by molar-refractivity contribution is 0.0700. The highest BCUT2D eigenvalue weighted by Crippen LogP contribution is 2.16. The fraction of sp³-hybridized carbons (Fsp3) is 0.562. The molecule has 0 aromatic carbocycles. The van der Waals surface area contributed by atoms with E-state index in [1.54, 1.807) is 27.7 Å². The van der Waals surface area contributed by atoms with Crippen LogP contribution in [0.3, 0.4) is 0 Å². The molecule has 2 aliphatic rings. The summed E-state index contributed by atoms with van der Waals surface area (Å²) in [6.07, 6.45) is 3.73. The largest absolute Gasteiger partial charge is 0.379 e. The van der Waals surface area contributed by atoms with Crippen molar-refractivity contribution in [3.8, 4) is 0 Å². The van der Waals surface area contributed by atoms with Crippen molar-refractivity contribution in [1.29, 1.82) is 0 Å². The number of morpholine rings is 1. The molecule has 0 N–H and O–H groups in total. The first-order chi connectivity index (χ1) is 13.1. The Hall–Kier alpha value is -2.08. The minimum atomic E-state index is -3.52. The van der Waals surface area contributed by atoms with Gasteiger partial charge in [-0.1, -0.05) is 0 Å². The van der Waals surface area contributed by atoms with Crippen molar-refractivity contribution in [3.05, 3.63) is 30.2 Å². The van der Waals surface area contributed by atoms with E-state index in [-0.39, 0.29) is 5.91 Å². The number of fused-ring (bicyclic) bond motifs is 1. The molecule has 1 amide bonds. The number of aromatic nitrogens is 3. The van der Waals surface area contributed by atoms with E-state index in [1.165, 1.54) is 14.9 Å². The van der Waals surface area contributed by atoms with Gasteiger partial charge in [-0.15, -0.1) is 0 Å². The zero-order valence-electron chi connectivity index (χ0n) is 14.9. The van der Waals surface area contributed by atoms with Crippen molar-refractivity contribution in [3.63, 3.8) is 0 Å². The number of rotatable bonds is 3. The van der Waals surface area contributed by atoms with E-state index in [2.05, 4.69) is 10.1 Å². The SMILES string of the molecule is O=C(c1ccn2ncnc2c1)N1CCCN(S(=O)(=O)N2CCOCC2)CC1. The summed E-state index contributed by atoms with van der Waals surface area (Å²) in [5, 5.41) is 4.02. The van der Waals surface area contributed by atoms with Gasteiger partial charge >= 0.3 is 0 Å². The smallest absolute Gasteiger partial charge is 0.282 e. The van der Waals surface area contributed by atoms with Crippen LogP contribution in [0.1, 0.15) is 16.8 Å². The summed E-state index contributed by atoms with van der Waals surface area (Å²) in [5.74, 6) is -0.119. The van der Waals surface area contributed by atoms with Gasteiger partial charge in [-0.2, -0.15) is 22.1 Å². The number of hydrogen-bond acceptors (Lipinski definition) is 6. The van der Waals surface area contributed by atoms with E-state index in [0.717, 1.165) is 0 Å². The molecule has 2 aliphatic heterocycles. The Bertz CT molecular complexity index is 924. The van der Waals surface area contributed by atoms with Gasteiger partial charge in [0.1, 0.15) is 6.33 Å². The molecule has 0 unspecified atom stereocenters. The van der Waals surface area contributed by atoms with Crippen LogP contribution in [0, 0.1) is 0 Å². The van der Waals surface area contributed by atoms with Gasteiger partial charge in [-0.25, -0.2) is 9.50 Å². The minimum absolute atomic E-state index is 0.119. The lowest BCUT2D eigenvalue weighted by Crippen LogP contribution is -2.49. The molecular formula is C16H22N6O4S. The lowest BCUT2D eigenvalue weighted by Gasteiger charge is -2.31. The van der Waals surface area contributed by atoms with Gasteiger partial charge in [-0.05, 0) is 18.6 Å². The van der Waals surface area contributed by atoms with Gasteiger partial charge in [0.2, 0.25) is 0 Å². The molecule has 4 rings (SSSR count). The van der Waals surface area contributed by atoms with Crippen LogP contribution in [0.15, 0.2) is 24.7 Å². The first-order valence-corrected chi connectivity index (χ1v) is 10.4. The molecule has 27 heavy (non-hydrogen) atoms. The third-order valence-electron chi connectivity index (χ3n) is 4.89. The average Bonchev–Trinajstić information content (AvgIpc) is 3.02. The van der Waals surface area contributed by atoms with E-state index in [0.29, 0.717) is 70.1 Å².